The molecule has 10 nitrogen and oxygen atoms in total. The Morgan fingerprint density at radius 1 is 1.16 bits per heavy atom. The number of methoxy groups -OCH3 is 1. The van der Waals surface area contributed by atoms with Gasteiger partial charge in [-0.1, -0.05) is 25.7 Å². The fourth-order valence-electron chi connectivity index (χ4n) is 3.36. The topological polar surface area (TPSA) is 143 Å². The Morgan fingerprint density at radius 2 is 1.81 bits per heavy atom. The van der Waals surface area contributed by atoms with Crippen LogP contribution in [-0.4, -0.2) is 68.8 Å². The molecule has 174 valence electrons. The number of nitrogens with one attached hydrogen (secondary N) is 1. The number of esters is 1. The molecule has 4 atom stereocenters. The summed E-state index contributed by atoms with van der Waals surface area (Å²) in [6.45, 7) is -0.433. The molecule has 1 saturated heterocycles. The molecule has 0 spiro atoms. The standard InChI is InChI=1S/C20H31N3O7S/c1-29-16(26)9-7-5-3-2-4-6-8-15(25)21-14-10-11-23(20(31)22-14)19-18(28)17(27)13(12-24)30-19/h10-11,13,17-19,24,27-28H,2-9,12H2,1H3,(H,21,22,25,31)/t13-,17-,18+,19-/m1/s1. The summed E-state index contributed by atoms with van der Waals surface area (Å²) in [4.78, 5) is 27.3. The number of hydrogen-bond donors (Lipinski definition) is 4. The molecule has 0 radical (unpaired) electrons. The lowest BCUT2D eigenvalue weighted by atomic mass is 10.1. The van der Waals surface area contributed by atoms with E-state index >= 15 is 0 Å². The summed E-state index contributed by atoms with van der Waals surface area (Å²) in [5.74, 6) is -0.0584. The van der Waals surface area contributed by atoms with E-state index in [-0.39, 0.29) is 16.6 Å². The molecule has 11 heteroatoms. The van der Waals surface area contributed by atoms with E-state index in [1.165, 1.54) is 23.9 Å². The van der Waals surface area contributed by atoms with Crippen LogP contribution in [0.1, 0.15) is 57.6 Å². The number of carbonyl (C=O) groups is 2. The molecule has 1 aromatic heterocycles. The fourth-order valence-corrected chi connectivity index (χ4v) is 3.62. The van der Waals surface area contributed by atoms with Gasteiger partial charge in [0.1, 0.15) is 24.1 Å². The first kappa shape index (κ1) is 25.3. The normalized spacial score (nSPS) is 23.0. The van der Waals surface area contributed by atoms with Gasteiger partial charge in [-0.25, -0.2) is 4.98 Å². The van der Waals surface area contributed by atoms with E-state index in [0.29, 0.717) is 18.7 Å². The first-order valence-electron chi connectivity index (χ1n) is 10.5. The number of unbranched alkanes of at least 4 members (excludes halogenated alkanes) is 5. The number of hydrogen-bond acceptors (Lipinski definition) is 9. The molecule has 2 heterocycles. The second-order valence-electron chi connectivity index (χ2n) is 7.48. The molecule has 31 heavy (non-hydrogen) atoms. The van der Waals surface area contributed by atoms with Gasteiger partial charge >= 0.3 is 5.97 Å². The molecule has 0 unspecified atom stereocenters. The number of carbonyl (C=O) groups excluding carboxylic acids is 2. The molecule has 4 N–H and O–H groups in total. The maximum Gasteiger partial charge on any atom is 0.305 e. The van der Waals surface area contributed by atoms with Gasteiger partial charge in [0.2, 0.25) is 10.7 Å². The highest BCUT2D eigenvalue weighted by Gasteiger charge is 2.43. The number of anilines is 1. The zero-order valence-electron chi connectivity index (χ0n) is 17.6. The van der Waals surface area contributed by atoms with E-state index in [4.69, 9.17) is 17.0 Å². The van der Waals surface area contributed by atoms with E-state index in [1.807, 2.05) is 0 Å². The molecule has 0 bridgehead atoms. The van der Waals surface area contributed by atoms with Crippen molar-refractivity contribution in [2.45, 2.75) is 75.9 Å². The monoisotopic (exact) mass is 457 g/mol. The molecule has 1 aliphatic heterocycles. The summed E-state index contributed by atoms with van der Waals surface area (Å²) in [6.07, 6.45) is 3.42. The third kappa shape index (κ3) is 7.62. The highest BCUT2D eigenvalue weighted by molar-refractivity contribution is 7.71. The van der Waals surface area contributed by atoms with Gasteiger partial charge in [0.25, 0.3) is 0 Å². The lowest BCUT2D eigenvalue weighted by Crippen LogP contribution is -2.33. The molecular formula is C20H31N3O7S. The van der Waals surface area contributed by atoms with Gasteiger partial charge in [0.15, 0.2) is 6.23 Å². The van der Waals surface area contributed by atoms with E-state index in [1.54, 1.807) is 0 Å². The molecule has 0 aliphatic carbocycles. The van der Waals surface area contributed by atoms with Crippen molar-refractivity contribution < 1.29 is 34.4 Å². The summed E-state index contributed by atoms with van der Waals surface area (Å²) < 4.78 is 11.5. The van der Waals surface area contributed by atoms with Gasteiger partial charge in [0.05, 0.1) is 13.7 Å². The number of nitrogens with zero attached hydrogens (tertiary/aromatic N) is 2. The van der Waals surface area contributed by atoms with Gasteiger partial charge in [-0.15, -0.1) is 0 Å². The zero-order valence-corrected chi connectivity index (χ0v) is 18.4. The number of aliphatic hydroxyl groups excluding tert-OH is 3. The molecular weight excluding hydrogens is 426 g/mol. The van der Waals surface area contributed by atoms with Crippen LogP contribution >= 0.6 is 12.2 Å². The van der Waals surface area contributed by atoms with Crippen molar-refractivity contribution in [3.63, 3.8) is 0 Å². The lowest BCUT2D eigenvalue weighted by molar-refractivity contribution is -0.140. The Hall–Kier alpha value is -1.92. The van der Waals surface area contributed by atoms with Crippen LogP contribution in [0.4, 0.5) is 5.82 Å². The summed E-state index contributed by atoms with van der Waals surface area (Å²) in [6, 6.07) is 1.53. The van der Waals surface area contributed by atoms with Crippen LogP contribution in [0.2, 0.25) is 0 Å². The zero-order chi connectivity index (χ0) is 22.8. The van der Waals surface area contributed by atoms with Crippen LogP contribution in [0, 0.1) is 4.77 Å². The van der Waals surface area contributed by atoms with Crippen LogP contribution in [0.15, 0.2) is 12.3 Å². The molecule has 1 fully saturated rings. The van der Waals surface area contributed by atoms with Gasteiger partial charge in [-0.2, -0.15) is 0 Å². The van der Waals surface area contributed by atoms with Crippen molar-refractivity contribution >= 4 is 29.9 Å². The lowest BCUT2D eigenvalue weighted by Gasteiger charge is -2.18. The van der Waals surface area contributed by atoms with Crippen LogP contribution in [0.3, 0.4) is 0 Å². The number of rotatable bonds is 12. The van der Waals surface area contributed by atoms with E-state index in [9.17, 15) is 24.9 Å². The predicted molar refractivity (Wildman–Crippen MR) is 114 cm³/mol. The fraction of sp³-hybridized carbons (Fsp3) is 0.700. The Bertz CT molecular complexity index is 788. The minimum atomic E-state index is -1.26. The maximum atomic E-state index is 12.1. The van der Waals surface area contributed by atoms with Gasteiger partial charge in [-0.05, 0) is 31.1 Å². The highest BCUT2D eigenvalue weighted by Crippen LogP contribution is 2.29. The van der Waals surface area contributed by atoms with Crippen LogP contribution < -0.4 is 5.32 Å². The van der Waals surface area contributed by atoms with Gasteiger partial charge in [0, 0.05) is 19.0 Å². The average molecular weight is 458 g/mol. The van der Waals surface area contributed by atoms with E-state index in [0.717, 1.165) is 38.5 Å². The van der Waals surface area contributed by atoms with Crippen molar-refractivity contribution in [1.82, 2.24) is 9.55 Å². The summed E-state index contributed by atoms with van der Waals surface area (Å²) in [5.41, 5.74) is 0. The molecule has 1 amide bonds. The molecule has 0 saturated carbocycles. The summed E-state index contributed by atoms with van der Waals surface area (Å²) in [7, 11) is 1.39. The molecule has 1 aromatic rings. The Balaban J connectivity index is 1.71. The third-order valence-electron chi connectivity index (χ3n) is 5.15. The second-order valence-corrected chi connectivity index (χ2v) is 7.84. The second kappa shape index (κ2) is 12.8. The minimum absolute atomic E-state index is 0.0691. The first-order valence-corrected chi connectivity index (χ1v) is 10.9. The Kier molecular flexibility index (Phi) is 10.5. The SMILES string of the molecule is COC(=O)CCCCCCCCC(=O)Nc1ccn([C@@H]2O[C@H](CO)[C@@H](O)[C@@H]2O)c(=S)n1. The summed E-state index contributed by atoms with van der Waals surface area (Å²) >= 11 is 5.21. The molecule has 0 aromatic carbocycles. The molecule has 1 aliphatic rings. The van der Waals surface area contributed by atoms with Crippen molar-refractivity contribution in [1.29, 1.82) is 0 Å². The van der Waals surface area contributed by atoms with E-state index < -0.39 is 31.1 Å². The molecule has 2 rings (SSSR count). The van der Waals surface area contributed by atoms with Gasteiger partial charge < -0.3 is 30.1 Å². The van der Waals surface area contributed by atoms with Gasteiger partial charge in [-0.3, -0.25) is 14.2 Å². The van der Waals surface area contributed by atoms with Crippen molar-refractivity contribution in [3.8, 4) is 0 Å². The summed E-state index contributed by atoms with van der Waals surface area (Å²) in [5, 5.41) is 31.9. The minimum Gasteiger partial charge on any atom is -0.469 e. The smallest absolute Gasteiger partial charge is 0.305 e. The number of aromatic nitrogens is 2. The van der Waals surface area contributed by atoms with E-state index in [2.05, 4.69) is 15.0 Å². The third-order valence-corrected chi connectivity index (χ3v) is 5.45. The van der Waals surface area contributed by atoms with Crippen LogP contribution in [0.25, 0.3) is 0 Å². The van der Waals surface area contributed by atoms with Crippen molar-refractivity contribution in [3.05, 3.63) is 17.0 Å². The first-order chi connectivity index (χ1) is 14.9. The average Bonchev–Trinajstić information content (AvgIpc) is 3.03. The number of ether oxygens (including phenoxy) is 2. The number of aliphatic hydroxyl groups is 3. The quantitative estimate of drug-likeness (QED) is 0.208. The Morgan fingerprint density at radius 3 is 2.39 bits per heavy atom. The van der Waals surface area contributed by atoms with Crippen molar-refractivity contribution in [2.75, 3.05) is 19.0 Å². The van der Waals surface area contributed by atoms with Crippen LogP contribution in [-0.2, 0) is 19.1 Å². The van der Waals surface area contributed by atoms with Crippen molar-refractivity contribution in [2.24, 2.45) is 0 Å². The maximum absolute atomic E-state index is 12.1. The predicted octanol–water partition coefficient (Wildman–Crippen LogP) is 1.46. The largest absolute Gasteiger partial charge is 0.469 e. The highest BCUT2D eigenvalue weighted by atomic mass is 32.1. The number of amides is 1. The Labute approximate surface area is 186 Å². The van der Waals surface area contributed by atoms with Crippen LogP contribution in [0.5, 0.6) is 0 Å².